The van der Waals surface area contributed by atoms with Crippen molar-refractivity contribution in [2.24, 2.45) is 0 Å². The molecule has 0 aliphatic carbocycles. The normalized spacial score (nSPS) is 17.4. The lowest BCUT2D eigenvalue weighted by molar-refractivity contribution is -0.148. The molecule has 8 nitrogen and oxygen atoms in total. The molecule has 3 rings (SSSR count). The Bertz CT molecular complexity index is 1300. The van der Waals surface area contributed by atoms with E-state index in [2.05, 4.69) is 17.2 Å². The number of nitrogens with one attached hydrogen (secondary N) is 2. The molecule has 198 valence electrons. The highest BCUT2D eigenvalue weighted by atomic mass is 19.1. The number of urea groups is 1. The van der Waals surface area contributed by atoms with Gasteiger partial charge in [-0.15, -0.1) is 0 Å². The van der Waals surface area contributed by atoms with E-state index in [4.69, 9.17) is 5.41 Å². The van der Waals surface area contributed by atoms with Gasteiger partial charge in [0.2, 0.25) is 5.91 Å². The number of nitrogens with zero attached hydrogens (tertiary/aromatic N) is 3. The quantitative estimate of drug-likeness (QED) is 0.332. The van der Waals surface area contributed by atoms with Crippen LogP contribution in [0.2, 0.25) is 0 Å². The van der Waals surface area contributed by atoms with Gasteiger partial charge in [0.1, 0.15) is 17.5 Å². The predicted octanol–water partition coefficient (Wildman–Crippen LogP) is 3.17. The molecule has 1 aliphatic rings. The molecule has 1 heterocycles. The molecule has 3 amide bonds. The zero-order valence-corrected chi connectivity index (χ0v) is 21.4. The molecule has 1 fully saturated rings. The van der Waals surface area contributed by atoms with Crippen molar-refractivity contribution in [2.45, 2.75) is 18.9 Å². The summed E-state index contributed by atoms with van der Waals surface area (Å²) in [5.74, 6) is 3.07. The van der Waals surface area contributed by atoms with E-state index in [9.17, 15) is 14.4 Å². The van der Waals surface area contributed by atoms with Gasteiger partial charge in [0.25, 0.3) is 0 Å². The summed E-state index contributed by atoms with van der Waals surface area (Å²) in [4.78, 5) is 41.9. The minimum absolute atomic E-state index is 0.0325. The smallest absolute Gasteiger partial charge is 0.325 e. The molecule has 2 N–H and O–H groups in total. The molecule has 0 radical (unpaired) electrons. The van der Waals surface area contributed by atoms with E-state index in [1.54, 1.807) is 31.3 Å². The van der Waals surface area contributed by atoms with Gasteiger partial charge < -0.3 is 25.3 Å². The predicted molar refractivity (Wildman–Crippen MR) is 141 cm³/mol. The van der Waals surface area contributed by atoms with Crippen molar-refractivity contribution in [1.29, 1.82) is 5.41 Å². The minimum Gasteiger partial charge on any atom is -0.390 e. The number of amides is 3. The molecule has 38 heavy (non-hydrogen) atoms. The maximum atomic E-state index is 15.1. The second-order valence-electron chi connectivity index (χ2n) is 8.88. The summed E-state index contributed by atoms with van der Waals surface area (Å²) in [7, 11) is 2.87. The van der Waals surface area contributed by atoms with Gasteiger partial charge in [-0.1, -0.05) is 30.0 Å². The third-order valence-corrected chi connectivity index (χ3v) is 6.38. The number of hydrogen-bond acceptors (Lipinski definition) is 5. The minimum atomic E-state index is -1.57. The second-order valence-corrected chi connectivity index (χ2v) is 8.88. The van der Waals surface area contributed by atoms with E-state index in [-0.39, 0.29) is 31.6 Å². The maximum Gasteiger partial charge on any atom is 0.325 e. The Kier molecular flexibility index (Phi) is 8.97. The molecule has 0 aromatic heterocycles. The largest absolute Gasteiger partial charge is 0.390 e. The van der Waals surface area contributed by atoms with Gasteiger partial charge in [-0.2, -0.15) is 0 Å². The number of allylic oxidation sites excluding steroid dienone is 1. The molecule has 1 atom stereocenters. The summed E-state index contributed by atoms with van der Waals surface area (Å²) in [5, 5.41) is 10.2. The SMILES string of the molecule is CN/C(=C\C=N)CN1CCN(C(=O)N(C)c2c(F)cc(C#Cc3ccccc3)cc2F)C(C)(CC=O)C1=O. The lowest BCUT2D eigenvalue weighted by Crippen LogP contribution is -2.68. The Morgan fingerprint density at radius 3 is 2.37 bits per heavy atom. The number of rotatable bonds is 7. The fraction of sp³-hybridized carbons (Fsp3) is 0.286. The highest BCUT2D eigenvalue weighted by Crippen LogP contribution is 2.31. The summed E-state index contributed by atoms with van der Waals surface area (Å²) in [5.41, 5.74) is -0.782. The topological polar surface area (TPSA) is 96.8 Å². The first-order valence-corrected chi connectivity index (χ1v) is 11.9. The standard InChI is InChI=1S/C28H29F2N5O3/c1-28(12-16-36)26(37)34(19-22(32-2)11-13-31)14-15-35(28)27(38)33(3)25-23(29)17-21(18-24(25)30)10-9-20-7-5-4-6-8-20/h4-8,11,13,16-18,31-32H,12,14-15,19H2,1-3H3/b22-11-,31-13?. The Morgan fingerprint density at radius 1 is 1.16 bits per heavy atom. The van der Waals surface area contributed by atoms with Crippen molar-refractivity contribution in [2.75, 3.05) is 38.6 Å². The number of likely N-dealkylation sites (N-methyl/N-ethyl adjacent to an activating group) is 1. The number of piperazine rings is 1. The molecular formula is C28H29F2N5O3. The average molecular weight is 522 g/mol. The molecule has 0 bridgehead atoms. The van der Waals surface area contributed by atoms with E-state index in [1.807, 2.05) is 6.07 Å². The van der Waals surface area contributed by atoms with E-state index in [0.717, 1.165) is 23.2 Å². The van der Waals surface area contributed by atoms with Crippen LogP contribution in [0.4, 0.5) is 19.3 Å². The van der Waals surface area contributed by atoms with Crippen LogP contribution in [0.3, 0.4) is 0 Å². The summed E-state index contributed by atoms with van der Waals surface area (Å²) in [6.07, 6.45) is 2.81. The second kappa shape index (κ2) is 12.1. The Labute approximate surface area is 220 Å². The van der Waals surface area contributed by atoms with Crippen LogP contribution in [0.15, 0.2) is 54.2 Å². The lowest BCUT2D eigenvalue weighted by Gasteiger charge is -2.48. The van der Waals surface area contributed by atoms with Gasteiger partial charge in [-0.25, -0.2) is 13.6 Å². The number of benzene rings is 2. The van der Waals surface area contributed by atoms with Gasteiger partial charge >= 0.3 is 6.03 Å². The Balaban J connectivity index is 1.88. The van der Waals surface area contributed by atoms with Crippen molar-refractivity contribution in [3.63, 3.8) is 0 Å². The van der Waals surface area contributed by atoms with Crippen molar-refractivity contribution in [1.82, 2.24) is 15.1 Å². The van der Waals surface area contributed by atoms with E-state index >= 15 is 8.78 Å². The zero-order valence-electron chi connectivity index (χ0n) is 21.4. The van der Waals surface area contributed by atoms with Crippen LogP contribution in [0.25, 0.3) is 0 Å². The van der Waals surface area contributed by atoms with Crippen LogP contribution in [-0.4, -0.2) is 73.5 Å². The number of hydrogen-bond donors (Lipinski definition) is 2. The third-order valence-electron chi connectivity index (χ3n) is 6.38. The number of halogens is 2. The Hall–Kier alpha value is -4.52. The summed E-state index contributed by atoms with van der Waals surface area (Å²) < 4.78 is 30.1. The van der Waals surface area contributed by atoms with Gasteiger partial charge in [0.05, 0.1) is 6.54 Å². The molecular weight excluding hydrogens is 492 g/mol. The number of carbonyl (C=O) groups excluding carboxylic acids is 3. The number of aldehydes is 1. The van der Waals surface area contributed by atoms with Crippen molar-refractivity contribution in [3.05, 3.63) is 77.0 Å². The molecule has 1 aliphatic heterocycles. The lowest BCUT2D eigenvalue weighted by atomic mass is 9.91. The van der Waals surface area contributed by atoms with Crippen LogP contribution in [0.5, 0.6) is 0 Å². The first kappa shape index (κ1) is 28.1. The third kappa shape index (κ3) is 5.89. The average Bonchev–Trinajstić information content (AvgIpc) is 2.89. The molecule has 10 heteroatoms. The van der Waals surface area contributed by atoms with Gasteiger partial charge in [-0.05, 0) is 37.3 Å². The van der Waals surface area contributed by atoms with Crippen molar-refractivity contribution in [3.8, 4) is 11.8 Å². The van der Waals surface area contributed by atoms with Crippen LogP contribution in [0, 0.1) is 28.9 Å². The monoisotopic (exact) mass is 521 g/mol. The maximum absolute atomic E-state index is 15.1. The van der Waals surface area contributed by atoms with Crippen molar-refractivity contribution >= 4 is 30.1 Å². The van der Waals surface area contributed by atoms with Gasteiger partial charge in [-0.3, -0.25) is 9.69 Å². The van der Waals surface area contributed by atoms with Gasteiger partial charge in [0.15, 0.2) is 11.6 Å². The molecule has 1 unspecified atom stereocenters. The summed E-state index contributed by atoms with van der Waals surface area (Å²) >= 11 is 0. The Morgan fingerprint density at radius 2 is 1.79 bits per heavy atom. The molecule has 1 saturated heterocycles. The van der Waals surface area contributed by atoms with E-state index in [1.165, 1.54) is 29.8 Å². The van der Waals surface area contributed by atoms with Crippen LogP contribution in [-0.2, 0) is 9.59 Å². The fourth-order valence-electron chi connectivity index (χ4n) is 4.26. The highest BCUT2D eigenvalue weighted by Gasteiger charge is 2.48. The first-order chi connectivity index (χ1) is 18.2. The van der Waals surface area contributed by atoms with Crippen molar-refractivity contribution < 1.29 is 23.2 Å². The van der Waals surface area contributed by atoms with E-state index < -0.39 is 34.8 Å². The van der Waals surface area contributed by atoms with E-state index in [0.29, 0.717) is 17.5 Å². The molecule has 2 aromatic rings. The molecule has 0 saturated carbocycles. The highest BCUT2D eigenvalue weighted by molar-refractivity contribution is 5.99. The number of carbonyl (C=O) groups is 3. The molecule has 2 aromatic carbocycles. The molecule has 0 spiro atoms. The zero-order chi connectivity index (χ0) is 27.9. The van der Waals surface area contributed by atoms with Crippen LogP contribution >= 0.6 is 0 Å². The number of anilines is 1. The first-order valence-electron chi connectivity index (χ1n) is 11.9. The van der Waals surface area contributed by atoms with Crippen LogP contribution in [0.1, 0.15) is 24.5 Å². The van der Waals surface area contributed by atoms with Gasteiger partial charge in [0, 0.05) is 56.6 Å². The summed E-state index contributed by atoms with van der Waals surface area (Å²) in [6.45, 7) is 1.76. The van der Waals surface area contributed by atoms with Crippen LogP contribution < -0.4 is 10.2 Å². The summed E-state index contributed by atoms with van der Waals surface area (Å²) in [6, 6.07) is 10.2. The fourth-order valence-corrected chi connectivity index (χ4v) is 4.26.